The van der Waals surface area contributed by atoms with Crippen LogP contribution in [0.2, 0.25) is 10.0 Å². The van der Waals surface area contributed by atoms with E-state index in [0.717, 1.165) is 11.3 Å². The number of Topliss-reactive ketones (excluding diaryl/α,β-unsaturated/α-hetero) is 1. The van der Waals surface area contributed by atoms with E-state index in [0.29, 0.717) is 15.2 Å². The van der Waals surface area contributed by atoms with Gasteiger partial charge in [0.1, 0.15) is 17.4 Å². The minimum Gasteiger partial charge on any atom is -0.465 e. The molecule has 0 saturated heterocycles. The van der Waals surface area contributed by atoms with E-state index in [-0.39, 0.29) is 22.3 Å². The van der Waals surface area contributed by atoms with Crippen molar-refractivity contribution in [2.75, 3.05) is 6.61 Å². The molecule has 2 aromatic heterocycles. The standard InChI is InChI=1S/C17H11Cl2N3O4S/c1-3-26-16(25)13(7(2)23)14-8(6-20)15(24)22-11-4-9(18)10(19)5-12(11)27-17(22)21-14/h4-5,13H,3H2,1-2H3. The van der Waals surface area contributed by atoms with E-state index in [1.165, 1.54) is 17.4 Å². The van der Waals surface area contributed by atoms with Crippen molar-refractivity contribution < 1.29 is 14.3 Å². The largest absolute Gasteiger partial charge is 0.465 e. The lowest BCUT2D eigenvalue weighted by Crippen LogP contribution is -2.29. The fourth-order valence-corrected chi connectivity index (χ4v) is 4.11. The Morgan fingerprint density at radius 1 is 1.37 bits per heavy atom. The fraction of sp³-hybridized carbons (Fsp3) is 0.235. The predicted octanol–water partition coefficient (Wildman–Crippen LogP) is 3.32. The average Bonchev–Trinajstić information content (AvgIpc) is 2.93. The zero-order valence-corrected chi connectivity index (χ0v) is 16.4. The predicted molar refractivity (Wildman–Crippen MR) is 102 cm³/mol. The van der Waals surface area contributed by atoms with Crippen molar-refractivity contribution >= 4 is 61.5 Å². The molecule has 3 rings (SSSR count). The van der Waals surface area contributed by atoms with E-state index in [1.807, 2.05) is 0 Å². The third kappa shape index (κ3) is 3.18. The molecule has 0 spiro atoms. The van der Waals surface area contributed by atoms with Crippen molar-refractivity contribution in [1.29, 1.82) is 5.26 Å². The van der Waals surface area contributed by atoms with Crippen LogP contribution in [0, 0.1) is 11.3 Å². The average molecular weight is 424 g/mol. The minimum absolute atomic E-state index is 0.0472. The topological polar surface area (TPSA) is 102 Å². The maximum Gasteiger partial charge on any atom is 0.322 e. The molecule has 10 heteroatoms. The molecular weight excluding hydrogens is 413 g/mol. The Kier molecular flexibility index (Phi) is 5.20. The van der Waals surface area contributed by atoms with Crippen molar-refractivity contribution in [3.05, 3.63) is 43.8 Å². The number of hydrogen-bond donors (Lipinski definition) is 0. The molecule has 0 aliphatic heterocycles. The quantitative estimate of drug-likeness (QED) is 0.470. The highest BCUT2D eigenvalue weighted by Gasteiger charge is 2.33. The zero-order valence-electron chi connectivity index (χ0n) is 14.1. The molecule has 7 nitrogen and oxygen atoms in total. The third-order valence-electron chi connectivity index (χ3n) is 3.84. The number of ketones is 1. The van der Waals surface area contributed by atoms with Crippen LogP contribution in [0.1, 0.15) is 31.0 Å². The number of carbonyl (C=O) groups is 2. The highest BCUT2D eigenvalue weighted by molar-refractivity contribution is 7.23. The molecule has 0 saturated carbocycles. The van der Waals surface area contributed by atoms with E-state index < -0.39 is 28.8 Å². The van der Waals surface area contributed by atoms with Crippen molar-refractivity contribution in [2.45, 2.75) is 19.8 Å². The summed E-state index contributed by atoms with van der Waals surface area (Å²) in [6.07, 6.45) is 0. The zero-order chi connectivity index (χ0) is 19.9. The Balaban J connectivity index is 2.40. The number of halogens is 2. The molecule has 1 atom stereocenters. The van der Waals surface area contributed by atoms with Gasteiger partial charge in [0, 0.05) is 0 Å². The Bertz CT molecular complexity index is 1210. The highest BCUT2D eigenvalue weighted by Crippen LogP contribution is 2.33. The lowest BCUT2D eigenvalue weighted by molar-refractivity contribution is -0.147. The molecule has 0 fully saturated rings. The maximum atomic E-state index is 12.9. The normalized spacial score (nSPS) is 12.1. The molecule has 0 aliphatic carbocycles. The Hall–Kier alpha value is -2.47. The van der Waals surface area contributed by atoms with Gasteiger partial charge in [-0.1, -0.05) is 34.5 Å². The smallest absolute Gasteiger partial charge is 0.322 e. The second-order valence-corrected chi connectivity index (χ2v) is 7.36. The number of thiazole rings is 1. The molecule has 0 radical (unpaired) electrons. The van der Waals surface area contributed by atoms with Gasteiger partial charge in [0.05, 0.1) is 32.6 Å². The highest BCUT2D eigenvalue weighted by atomic mass is 35.5. The summed E-state index contributed by atoms with van der Waals surface area (Å²) in [6, 6.07) is 4.84. The molecule has 3 aromatic rings. The summed E-state index contributed by atoms with van der Waals surface area (Å²) in [5.41, 5.74) is -0.873. The van der Waals surface area contributed by atoms with Crippen LogP contribution in [0.25, 0.3) is 15.2 Å². The number of nitrogens with zero attached hydrogens (tertiary/aromatic N) is 3. The first-order chi connectivity index (χ1) is 12.8. The van der Waals surface area contributed by atoms with Crippen LogP contribution in [-0.2, 0) is 14.3 Å². The maximum absolute atomic E-state index is 12.9. The van der Waals surface area contributed by atoms with Crippen LogP contribution in [-0.4, -0.2) is 27.7 Å². The van der Waals surface area contributed by atoms with E-state index >= 15 is 0 Å². The van der Waals surface area contributed by atoms with E-state index in [9.17, 15) is 19.6 Å². The number of esters is 1. The summed E-state index contributed by atoms with van der Waals surface area (Å²) in [5.74, 6) is -2.88. The number of aromatic nitrogens is 2. The van der Waals surface area contributed by atoms with Gasteiger partial charge >= 0.3 is 5.97 Å². The summed E-state index contributed by atoms with van der Waals surface area (Å²) >= 11 is 13.2. The molecule has 27 heavy (non-hydrogen) atoms. The molecular formula is C17H11Cl2N3O4S. The second kappa shape index (κ2) is 7.27. The lowest BCUT2D eigenvalue weighted by atomic mass is 9.97. The van der Waals surface area contributed by atoms with E-state index in [4.69, 9.17) is 27.9 Å². The Morgan fingerprint density at radius 3 is 2.63 bits per heavy atom. The van der Waals surface area contributed by atoms with Gasteiger partial charge < -0.3 is 4.74 Å². The first-order valence-electron chi connectivity index (χ1n) is 7.71. The SMILES string of the molecule is CCOC(=O)C(C(C)=O)c1nc2sc3cc(Cl)c(Cl)cc3n2c(=O)c1C#N. The van der Waals surface area contributed by atoms with Gasteiger partial charge in [0.2, 0.25) is 0 Å². The van der Waals surface area contributed by atoms with Gasteiger partial charge in [0.25, 0.3) is 5.56 Å². The third-order valence-corrected chi connectivity index (χ3v) is 5.56. The van der Waals surface area contributed by atoms with Crippen LogP contribution >= 0.6 is 34.5 Å². The first-order valence-corrected chi connectivity index (χ1v) is 9.28. The second-order valence-electron chi connectivity index (χ2n) is 5.54. The molecule has 0 amide bonds. The van der Waals surface area contributed by atoms with Gasteiger partial charge in [-0.2, -0.15) is 5.26 Å². The fourth-order valence-electron chi connectivity index (χ4n) is 2.68. The number of fused-ring (bicyclic) bond motifs is 3. The summed E-state index contributed by atoms with van der Waals surface area (Å²) in [5, 5.41) is 10.0. The van der Waals surface area contributed by atoms with Crippen molar-refractivity contribution in [1.82, 2.24) is 9.38 Å². The van der Waals surface area contributed by atoms with Crippen LogP contribution in [0.4, 0.5) is 0 Å². The van der Waals surface area contributed by atoms with Gasteiger partial charge in [-0.3, -0.25) is 14.4 Å². The first kappa shape index (κ1) is 19.3. The molecule has 1 aromatic carbocycles. The van der Waals surface area contributed by atoms with Gasteiger partial charge in [-0.25, -0.2) is 9.38 Å². The molecule has 0 aliphatic rings. The van der Waals surface area contributed by atoms with E-state index in [1.54, 1.807) is 19.1 Å². The monoisotopic (exact) mass is 423 g/mol. The Labute approximate surface area is 166 Å². The number of benzene rings is 1. The van der Waals surface area contributed by atoms with Gasteiger partial charge in [-0.05, 0) is 26.0 Å². The van der Waals surface area contributed by atoms with Gasteiger partial charge in [-0.15, -0.1) is 0 Å². The minimum atomic E-state index is -1.45. The van der Waals surface area contributed by atoms with Gasteiger partial charge in [0.15, 0.2) is 10.9 Å². The Morgan fingerprint density at radius 2 is 2.04 bits per heavy atom. The number of nitriles is 1. The molecule has 0 N–H and O–H groups in total. The summed E-state index contributed by atoms with van der Waals surface area (Å²) in [4.78, 5) is 41.7. The van der Waals surface area contributed by atoms with Crippen molar-refractivity contribution in [3.8, 4) is 6.07 Å². The molecule has 138 valence electrons. The van der Waals surface area contributed by atoms with Crippen molar-refractivity contribution in [3.63, 3.8) is 0 Å². The molecule has 2 heterocycles. The van der Waals surface area contributed by atoms with E-state index in [2.05, 4.69) is 4.98 Å². The van der Waals surface area contributed by atoms with Crippen LogP contribution in [0.5, 0.6) is 0 Å². The number of ether oxygens (including phenoxy) is 1. The summed E-state index contributed by atoms with van der Waals surface area (Å²) in [7, 11) is 0. The summed E-state index contributed by atoms with van der Waals surface area (Å²) in [6.45, 7) is 2.81. The number of carbonyl (C=O) groups excluding carboxylic acids is 2. The van der Waals surface area contributed by atoms with Crippen molar-refractivity contribution in [2.24, 2.45) is 0 Å². The molecule has 1 unspecified atom stereocenters. The van der Waals surface area contributed by atoms with Crippen LogP contribution in [0.15, 0.2) is 16.9 Å². The summed E-state index contributed by atoms with van der Waals surface area (Å²) < 4.78 is 6.74. The van der Waals surface area contributed by atoms with Crippen LogP contribution < -0.4 is 5.56 Å². The number of hydrogen-bond acceptors (Lipinski definition) is 7. The lowest BCUT2D eigenvalue weighted by Gasteiger charge is -2.13. The number of rotatable bonds is 4. The van der Waals surface area contributed by atoms with Crippen LogP contribution in [0.3, 0.4) is 0 Å². The molecule has 0 bridgehead atoms.